The fourth-order valence-electron chi connectivity index (χ4n) is 11.9. The van der Waals surface area contributed by atoms with Gasteiger partial charge in [0.15, 0.2) is 65.8 Å². The molecule has 0 saturated carbocycles. The van der Waals surface area contributed by atoms with Crippen LogP contribution in [0.15, 0.2) is 182 Å². The van der Waals surface area contributed by atoms with E-state index in [2.05, 4.69) is 4.74 Å². The van der Waals surface area contributed by atoms with E-state index in [1.165, 1.54) is 189 Å². The van der Waals surface area contributed by atoms with Crippen LogP contribution in [-0.2, 0) is 33.4 Å². The van der Waals surface area contributed by atoms with E-state index in [9.17, 15) is 102 Å². The highest BCUT2D eigenvalue weighted by Crippen LogP contribution is 2.32. The van der Waals surface area contributed by atoms with Crippen molar-refractivity contribution >= 4 is 140 Å². The molecule has 6 N–H and O–H groups in total. The number of phenolic OH excluding ortho intramolecular Hbond substituents is 5. The molecule has 0 saturated heterocycles. The second-order valence-corrected chi connectivity index (χ2v) is 25.3. The molecule has 39 heteroatoms. The van der Waals surface area contributed by atoms with E-state index < -0.39 is 48.8 Å². The number of carboxylic acid groups (broad SMARTS) is 1. The van der Waals surface area contributed by atoms with Crippen molar-refractivity contribution in [2.75, 3.05) is 33.0 Å². The number of aliphatic carboxylic acids is 1. The third-order valence-corrected chi connectivity index (χ3v) is 16.6. The van der Waals surface area contributed by atoms with Crippen LogP contribution >= 0.6 is 0 Å². The van der Waals surface area contributed by atoms with Crippen LogP contribution in [0, 0.1) is 52.1 Å². The molecular formula is C77H64N10O29. The van der Waals surface area contributed by atoms with Crippen molar-refractivity contribution in [2.24, 2.45) is 0 Å². The molecule has 0 aliphatic heterocycles. The second-order valence-electron chi connectivity index (χ2n) is 25.3. The number of ether oxygens (including phenoxy) is 8. The molecule has 0 aliphatic rings. The van der Waals surface area contributed by atoms with Gasteiger partial charge in [-0.1, -0.05) is 60.7 Å². The number of fused-ring (bicyclic) bond motifs is 10. The van der Waals surface area contributed by atoms with Crippen LogP contribution in [0.3, 0.4) is 0 Å². The molecule has 0 atom stereocenters. The quantitative estimate of drug-likeness (QED) is 0.0160. The summed E-state index contributed by atoms with van der Waals surface area (Å²) in [7, 11) is 0. The maximum atomic E-state index is 12.7. The standard InChI is InChI=1S/C18H18N2O6.C16H14N2O6.C15H12N2O6.C14H10N2O6.C14H10N2O5/c1-18(2,3)26-15(22)10-25-14-9-5-7-12-17(14)20(24)11-6-4-8-13(21)16(11)19(12)23;1-2-23-14(20)9-24-13-8-4-6-11-16(13)18(22)10-5-3-7-12(19)15(10)17(11)21;1-2-22-15(19)23-12-8-4-6-10-14(12)17(21)9-5-3-7-11(18)13(9)16(10)20;17-10-5-1-3-8-13(10)15(20)9-4-2-6-11(14(9)16(8)21)22-7-12(18)19;1-8(17)21-12-7-3-5-10-14(12)16(20)9-4-2-6-11(18)13(9)15(10)19/h4-9,21H,10H2,1-3H3;3-8,19H,2,9H2,1H3;3-8,18H,2H2,1H3;1-6,17H,7H2,(H,18,19);2-7,18H,1H3. The molecule has 116 heavy (non-hydrogen) atoms. The van der Waals surface area contributed by atoms with E-state index in [-0.39, 0.29) is 188 Å². The summed E-state index contributed by atoms with van der Waals surface area (Å²) in [5, 5.41) is 183. The minimum atomic E-state index is -1.21. The summed E-state index contributed by atoms with van der Waals surface area (Å²) in [6.07, 6.45) is -0.978. The lowest BCUT2D eigenvalue weighted by Crippen LogP contribution is -2.39. The number of carbonyl (C=O) groups excluding carboxylic acids is 4. The molecule has 15 rings (SSSR count). The summed E-state index contributed by atoms with van der Waals surface area (Å²) in [4.78, 5) is 56.5. The van der Waals surface area contributed by atoms with Crippen LogP contribution in [0.2, 0.25) is 0 Å². The summed E-state index contributed by atoms with van der Waals surface area (Å²) >= 11 is 0. The van der Waals surface area contributed by atoms with E-state index in [1.807, 2.05) is 0 Å². The first kappa shape index (κ1) is 80.8. The van der Waals surface area contributed by atoms with Crippen molar-refractivity contribution in [1.29, 1.82) is 0 Å². The fourth-order valence-corrected chi connectivity index (χ4v) is 11.9. The predicted molar refractivity (Wildman–Crippen MR) is 401 cm³/mol. The smallest absolute Gasteiger partial charge is 0.514 e. The van der Waals surface area contributed by atoms with Gasteiger partial charge in [0.05, 0.1) is 13.2 Å². The lowest BCUT2D eigenvalue weighted by Gasteiger charge is -2.19. The number of para-hydroxylation sites is 10. The zero-order valence-electron chi connectivity index (χ0n) is 61.4. The van der Waals surface area contributed by atoms with Crippen molar-refractivity contribution in [3.8, 4) is 57.5 Å². The van der Waals surface area contributed by atoms with Crippen molar-refractivity contribution in [3.63, 3.8) is 0 Å². The number of benzene rings is 10. The number of phenols is 5. The molecule has 0 bridgehead atoms. The van der Waals surface area contributed by atoms with Gasteiger partial charge in [0.25, 0.3) is 55.2 Å². The van der Waals surface area contributed by atoms with Gasteiger partial charge >= 0.3 is 85.2 Å². The highest BCUT2D eigenvalue weighted by Gasteiger charge is 2.34. The Kier molecular flexibility index (Phi) is 23.3. The fraction of sp³-hybridized carbons (Fsp3) is 0.156. The Bertz CT molecular complexity index is 6470. The Morgan fingerprint density at radius 1 is 0.310 bits per heavy atom. The topological polar surface area (TPSA) is 550 Å². The second kappa shape index (κ2) is 33.5. The van der Waals surface area contributed by atoms with Gasteiger partial charge in [-0.2, -0.15) is 47.3 Å². The first-order chi connectivity index (χ1) is 55.3. The van der Waals surface area contributed by atoms with Crippen LogP contribution in [-0.4, -0.2) is 99.3 Å². The van der Waals surface area contributed by atoms with Gasteiger partial charge < -0.3 is 121 Å². The summed E-state index contributed by atoms with van der Waals surface area (Å²) in [5.74, 6) is -4.53. The van der Waals surface area contributed by atoms with Crippen LogP contribution in [0.1, 0.15) is 41.5 Å². The van der Waals surface area contributed by atoms with Crippen molar-refractivity contribution < 1.29 is 140 Å². The zero-order valence-corrected chi connectivity index (χ0v) is 61.4. The summed E-state index contributed by atoms with van der Waals surface area (Å²) in [5.41, 5.74) is -1.97. The highest BCUT2D eigenvalue weighted by atomic mass is 16.7. The lowest BCUT2D eigenvalue weighted by molar-refractivity contribution is -0.591. The molecular weight excluding hydrogens is 1530 g/mol. The van der Waals surface area contributed by atoms with Gasteiger partial charge in [0.2, 0.25) is 11.5 Å². The molecule has 15 aromatic rings. The minimum absolute atomic E-state index is 0.00208. The van der Waals surface area contributed by atoms with Crippen molar-refractivity contribution in [3.05, 3.63) is 234 Å². The minimum Gasteiger partial charge on any atom is -0.617 e. The van der Waals surface area contributed by atoms with Crippen LogP contribution in [0.4, 0.5) is 4.79 Å². The summed E-state index contributed by atoms with van der Waals surface area (Å²) < 4.78 is 45.0. The molecule has 596 valence electrons. The van der Waals surface area contributed by atoms with Gasteiger partial charge in [-0.15, -0.1) is 0 Å². The molecule has 0 spiro atoms. The molecule has 0 fully saturated rings. The van der Waals surface area contributed by atoms with Crippen LogP contribution in [0.5, 0.6) is 57.5 Å². The van der Waals surface area contributed by atoms with Crippen molar-refractivity contribution in [1.82, 2.24) is 0 Å². The summed E-state index contributed by atoms with van der Waals surface area (Å²) in [6, 6.07) is 42.5. The molecule has 0 radical (unpaired) electrons. The van der Waals surface area contributed by atoms with Gasteiger partial charge in [0, 0.05) is 67.6 Å². The van der Waals surface area contributed by atoms with E-state index in [1.54, 1.807) is 34.6 Å². The van der Waals surface area contributed by atoms with E-state index in [4.69, 9.17) is 38.3 Å². The number of carbonyl (C=O) groups is 5. The van der Waals surface area contributed by atoms with Gasteiger partial charge in [-0.05, 0) is 95.3 Å². The van der Waals surface area contributed by atoms with E-state index in [0.29, 0.717) is 47.3 Å². The average Bonchev–Trinajstić information content (AvgIpc) is 0.772. The van der Waals surface area contributed by atoms with Gasteiger partial charge in [0.1, 0.15) is 5.60 Å². The number of aromatic hydroxyl groups is 5. The molecule has 0 aliphatic carbocycles. The number of rotatable bonds is 13. The van der Waals surface area contributed by atoms with E-state index >= 15 is 0 Å². The SMILES string of the molecule is CC(=O)Oc1cccc2c1[n+]([O-])c1cccc(O)c1[n+]2[O-].CC(C)(C)OC(=O)COc1cccc2c1[n+]([O-])c1cccc(O)c1[n+]2[O-].CCOC(=O)COc1cccc2c1[n+]([O-])c1cccc(O)c1[n+]2[O-].CCOC(=O)Oc1cccc2c1[n+]([O-])c1cccc(O)c1[n+]2[O-].O=C(O)COc1cccc2c1[n+]([O-])c1cccc(O)c1[n+]2[O-]. The molecule has 10 aromatic carbocycles. The number of hydrogen-bond donors (Lipinski definition) is 6. The maximum Gasteiger partial charge on any atom is 0.514 e. The first-order valence-corrected chi connectivity index (χ1v) is 34.3. The predicted octanol–water partition coefficient (Wildman–Crippen LogP) is 5.41. The Morgan fingerprint density at radius 2 is 0.534 bits per heavy atom. The van der Waals surface area contributed by atoms with Crippen molar-refractivity contribution in [2.45, 2.75) is 47.1 Å². The monoisotopic (exact) mass is 1590 g/mol. The Morgan fingerprint density at radius 3 is 0.793 bits per heavy atom. The summed E-state index contributed by atoms with van der Waals surface area (Å²) in [6.45, 7) is 8.55. The van der Waals surface area contributed by atoms with Gasteiger partial charge in [-0.25, -0.2) is 19.2 Å². The Balaban J connectivity index is 0.000000143. The number of nitrogens with zero attached hydrogens (tertiary/aromatic N) is 10. The lowest BCUT2D eigenvalue weighted by atomic mass is 10.2. The Hall–Kier alpha value is -16.3. The molecule has 39 nitrogen and oxygen atoms in total. The normalized spacial score (nSPS) is 11.1. The van der Waals surface area contributed by atoms with Crippen LogP contribution < -0.4 is 71.0 Å². The van der Waals surface area contributed by atoms with E-state index in [0.717, 1.165) is 0 Å². The first-order valence-electron chi connectivity index (χ1n) is 34.3. The third kappa shape index (κ3) is 16.2. The number of hydrogen-bond acceptors (Lipinski definition) is 28. The van der Waals surface area contributed by atoms with Crippen LogP contribution in [0.25, 0.3) is 110 Å². The highest BCUT2D eigenvalue weighted by molar-refractivity contribution is 5.89. The number of carboxylic acids is 1. The van der Waals surface area contributed by atoms with Gasteiger partial charge in [-0.3, -0.25) is 4.79 Å². The number of aromatic nitrogens is 10. The molecule has 0 amide bonds. The largest absolute Gasteiger partial charge is 0.617 e. The molecule has 5 aromatic heterocycles. The average molecular weight is 1590 g/mol. The Labute approximate surface area is 649 Å². The maximum absolute atomic E-state index is 12.7. The molecule has 5 heterocycles. The number of esters is 3. The zero-order chi connectivity index (χ0) is 83.9. The third-order valence-electron chi connectivity index (χ3n) is 16.6. The molecule has 0 unspecified atom stereocenters.